The van der Waals surface area contributed by atoms with Gasteiger partial charge in [-0.15, -0.1) is 0 Å². The summed E-state index contributed by atoms with van der Waals surface area (Å²) in [7, 11) is 0. The van der Waals surface area contributed by atoms with Crippen LogP contribution < -0.4 is 9.80 Å². The highest BCUT2D eigenvalue weighted by molar-refractivity contribution is 5.92. The van der Waals surface area contributed by atoms with Gasteiger partial charge in [0.25, 0.3) is 5.91 Å². The highest BCUT2D eigenvalue weighted by Crippen LogP contribution is 2.22. The first-order chi connectivity index (χ1) is 12.7. The molecule has 2 aliphatic heterocycles. The third-order valence-corrected chi connectivity index (χ3v) is 4.99. The number of carbonyl (C=O) groups is 1. The lowest BCUT2D eigenvalue weighted by molar-refractivity contribution is 0.0740. The Morgan fingerprint density at radius 3 is 2.42 bits per heavy atom. The standard InChI is InChI=1S/C19H24N6O/c1-15-14-17(22-19(21-15)25-8-4-5-9-25)23-10-12-24(13-11-23)18(26)16-6-2-3-7-20-16/h2-3,6-7,14H,4-5,8-13H2,1H3. The normalized spacial score (nSPS) is 17.7. The number of aryl methyl sites for hydroxylation is 1. The molecule has 0 atom stereocenters. The molecule has 0 aliphatic carbocycles. The van der Waals surface area contributed by atoms with Crippen molar-refractivity contribution in [2.75, 3.05) is 49.1 Å². The summed E-state index contributed by atoms with van der Waals surface area (Å²) in [5.74, 6) is 1.80. The molecule has 7 nitrogen and oxygen atoms in total. The number of nitrogens with zero attached hydrogens (tertiary/aromatic N) is 6. The average Bonchev–Trinajstić information content (AvgIpc) is 3.23. The number of amides is 1. The van der Waals surface area contributed by atoms with Crippen molar-refractivity contribution in [1.29, 1.82) is 0 Å². The SMILES string of the molecule is Cc1cc(N2CCN(C(=O)c3ccccn3)CC2)nc(N2CCCC2)n1. The van der Waals surface area contributed by atoms with Gasteiger partial charge in [-0.25, -0.2) is 4.98 Å². The Hall–Kier alpha value is -2.70. The number of rotatable bonds is 3. The molecule has 0 unspecified atom stereocenters. The van der Waals surface area contributed by atoms with Crippen LogP contribution in [0.1, 0.15) is 29.0 Å². The molecule has 1 amide bonds. The van der Waals surface area contributed by atoms with E-state index < -0.39 is 0 Å². The molecular formula is C19H24N6O. The quantitative estimate of drug-likeness (QED) is 0.838. The van der Waals surface area contributed by atoms with E-state index in [4.69, 9.17) is 4.98 Å². The molecule has 0 N–H and O–H groups in total. The summed E-state index contributed by atoms with van der Waals surface area (Å²) in [5, 5.41) is 0. The number of carbonyl (C=O) groups excluding carboxylic acids is 1. The molecule has 0 bridgehead atoms. The zero-order valence-corrected chi connectivity index (χ0v) is 15.1. The number of pyridine rings is 1. The van der Waals surface area contributed by atoms with Gasteiger partial charge in [0.1, 0.15) is 11.5 Å². The van der Waals surface area contributed by atoms with Crippen molar-refractivity contribution in [2.24, 2.45) is 0 Å². The largest absolute Gasteiger partial charge is 0.353 e. The molecule has 136 valence electrons. The molecule has 4 heterocycles. The minimum atomic E-state index is 0.00174. The van der Waals surface area contributed by atoms with Crippen LogP contribution in [-0.4, -0.2) is 65.0 Å². The molecule has 0 radical (unpaired) electrons. The maximum Gasteiger partial charge on any atom is 0.272 e. The summed E-state index contributed by atoms with van der Waals surface area (Å²) in [6, 6.07) is 7.48. The van der Waals surface area contributed by atoms with Gasteiger partial charge in [-0.3, -0.25) is 9.78 Å². The summed E-state index contributed by atoms with van der Waals surface area (Å²) in [4.78, 5) is 32.5. The van der Waals surface area contributed by atoms with Crippen molar-refractivity contribution in [3.63, 3.8) is 0 Å². The molecule has 0 aromatic carbocycles. The number of anilines is 2. The highest BCUT2D eigenvalue weighted by atomic mass is 16.2. The van der Waals surface area contributed by atoms with Crippen LogP contribution in [-0.2, 0) is 0 Å². The van der Waals surface area contributed by atoms with E-state index in [-0.39, 0.29) is 5.91 Å². The Balaban J connectivity index is 1.44. The first-order valence-electron chi connectivity index (χ1n) is 9.26. The van der Waals surface area contributed by atoms with Crippen molar-refractivity contribution in [2.45, 2.75) is 19.8 Å². The van der Waals surface area contributed by atoms with E-state index in [2.05, 4.69) is 19.8 Å². The van der Waals surface area contributed by atoms with E-state index in [0.717, 1.165) is 43.6 Å². The number of aromatic nitrogens is 3. The molecule has 2 aliphatic rings. The fraction of sp³-hybridized carbons (Fsp3) is 0.474. The van der Waals surface area contributed by atoms with Crippen molar-refractivity contribution in [1.82, 2.24) is 19.9 Å². The molecule has 4 rings (SSSR count). The van der Waals surface area contributed by atoms with E-state index in [1.165, 1.54) is 12.8 Å². The minimum Gasteiger partial charge on any atom is -0.353 e. The van der Waals surface area contributed by atoms with Gasteiger partial charge in [-0.2, -0.15) is 4.98 Å². The van der Waals surface area contributed by atoms with Crippen molar-refractivity contribution in [3.05, 3.63) is 41.9 Å². The minimum absolute atomic E-state index is 0.00174. The van der Waals surface area contributed by atoms with E-state index in [0.29, 0.717) is 18.8 Å². The van der Waals surface area contributed by atoms with Gasteiger partial charge in [-0.05, 0) is 31.9 Å². The highest BCUT2D eigenvalue weighted by Gasteiger charge is 2.24. The molecule has 2 aromatic rings. The molecule has 2 fully saturated rings. The lowest BCUT2D eigenvalue weighted by atomic mass is 10.2. The van der Waals surface area contributed by atoms with Gasteiger partial charge in [-0.1, -0.05) is 6.07 Å². The third-order valence-electron chi connectivity index (χ3n) is 4.99. The summed E-state index contributed by atoms with van der Waals surface area (Å²) in [6.07, 6.45) is 4.08. The number of piperazine rings is 1. The smallest absolute Gasteiger partial charge is 0.272 e. The molecule has 2 saturated heterocycles. The van der Waals surface area contributed by atoms with Crippen LogP contribution in [0.3, 0.4) is 0 Å². The zero-order valence-electron chi connectivity index (χ0n) is 15.1. The summed E-state index contributed by atoms with van der Waals surface area (Å²) in [6.45, 7) is 6.99. The van der Waals surface area contributed by atoms with Crippen LogP contribution in [0, 0.1) is 6.92 Å². The maximum atomic E-state index is 12.5. The van der Waals surface area contributed by atoms with Gasteiger partial charge >= 0.3 is 0 Å². The molecular weight excluding hydrogens is 328 g/mol. The Labute approximate surface area is 153 Å². The predicted molar refractivity (Wildman–Crippen MR) is 101 cm³/mol. The zero-order chi connectivity index (χ0) is 17.9. The van der Waals surface area contributed by atoms with Crippen molar-refractivity contribution >= 4 is 17.7 Å². The fourth-order valence-corrected chi connectivity index (χ4v) is 3.55. The lowest BCUT2D eigenvalue weighted by Crippen LogP contribution is -2.49. The molecule has 2 aromatic heterocycles. The van der Waals surface area contributed by atoms with Gasteiger partial charge in [0.05, 0.1) is 0 Å². The molecule has 26 heavy (non-hydrogen) atoms. The predicted octanol–water partition coefficient (Wildman–Crippen LogP) is 1.74. The van der Waals surface area contributed by atoms with Crippen molar-refractivity contribution < 1.29 is 4.79 Å². The number of hydrogen-bond donors (Lipinski definition) is 0. The van der Waals surface area contributed by atoms with Crippen LogP contribution in [0.25, 0.3) is 0 Å². The maximum absolute atomic E-state index is 12.5. The fourth-order valence-electron chi connectivity index (χ4n) is 3.55. The third kappa shape index (κ3) is 3.47. The summed E-state index contributed by atoms with van der Waals surface area (Å²) >= 11 is 0. The second-order valence-corrected chi connectivity index (χ2v) is 6.86. The van der Waals surface area contributed by atoms with E-state index in [1.807, 2.05) is 30.0 Å². The second kappa shape index (κ2) is 7.27. The average molecular weight is 352 g/mol. The second-order valence-electron chi connectivity index (χ2n) is 6.86. The van der Waals surface area contributed by atoms with Gasteiger partial charge in [0.15, 0.2) is 0 Å². The van der Waals surface area contributed by atoms with Crippen molar-refractivity contribution in [3.8, 4) is 0 Å². The first kappa shape index (κ1) is 16.8. The van der Waals surface area contributed by atoms with E-state index in [1.54, 1.807) is 12.3 Å². The lowest BCUT2D eigenvalue weighted by Gasteiger charge is -2.35. The van der Waals surface area contributed by atoms with Crippen LogP contribution >= 0.6 is 0 Å². The van der Waals surface area contributed by atoms with E-state index >= 15 is 0 Å². The van der Waals surface area contributed by atoms with Gasteiger partial charge < -0.3 is 14.7 Å². The van der Waals surface area contributed by atoms with Crippen LogP contribution in [0.2, 0.25) is 0 Å². The van der Waals surface area contributed by atoms with Gasteiger partial charge in [0.2, 0.25) is 5.95 Å². The Bertz CT molecular complexity index is 767. The Morgan fingerprint density at radius 1 is 0.962 bits per heavy atom. The molecule has 0 saturated carbocycles. The van der Waals surface area contributed by atoms with Crippen LogP contribution in [0.4, 0.5) is 11.8 Å². The van der Waals surface area contributed by atoms with Gasteiger partial charge in [0, 0.05) is 57.2 Å². The summed E-state index contributed by atoms with van der Waals surface area (Å²) < 4.78 is 0. The van der Waals surface area contributed by atoms with Crippen LogP contribution in [0.5, 0.6) is 0 Å². The monoisotopic (exact) mass is 352 g/mol. The molecule has 7 heteroatoms. The number of hydrogen-bond acceptors (Lipinski definition) is 6. The van der Waals surface area contributed by atoms with E-state index in [9.17, 15) is 4.79 Å². The summed E-state index contributed by atoms with van der Waals surface area (Å²) in [5.41, 5.74) is 1.50. The first-order valence-corrected chi connectivity index (χ1v) is 9.26. The Morgan fingerprint density at radius 2 is 1.73 bits per heavy atom. The molecule has 0 spiro atoms. The Kier molecular flexibility index (Phi) is 4.69. The topological polar surface area (TPSA) is 65.5 Å². The van der Waals surface area contributed by atoms with Crippen LogP contribution in [0.15, 0.2) is 30.5 Å².